The quantitative estimate of drug-likeness (QED) is 0.930. The summed E-state index contributed by atoms with van der Waals surface area (Å²) in [5, 5.41) is 13.1. The highest BCUT2D eigenvalue weighted by molar-refractivity contribution is 7.13. The summed E-state index contributed by atoms with van der Waals surface area (Å²) in [4.78, 5) is 0. The zero-order chi connectivity index (χ0) is 14.8. The van der Waals surface area contributed by atoms with Gasteiger partial charge in [-0.05, 0) is 57.9 Å². The van der Waals surface area contributed by atoms with Gasteiger partial charge in [-0.3, -0.25) is 0 Å². The second-order valence-electron chi connectivity index (χ2n) is 5.99. The molecule has 0 saturated heterocycles. The lowest BCUT2D eigenvalue weighted by molar-refractivity contribution is 0.423. The van der Waals surface area contributed by atoms with E-state index in [2.05, 4.69) is 56.2 Å². The molecular formula is C15H21N3OS. The number of aromatic nitrogens is 2. The molecule has 0 aliphatic carbocycles. The molecule has 0 saturated carbocycles. The molecule has 108 valence electrons. The van der Waals surface area contributed by atoms with Gasteiger partial charge in [0.15, 0.2) is 0 Å². The Balaban J connectivity index is 2.02. The number of nitrogens with zero attached hydrogens (tertiary/aromatic N) is 2. The topological polar surface area (TPSA) is 47.0 Å². The SMILES string of the molecule is Cc1cc(C)cc(Oc2nnc(CNC(C)(C)C)s2)c1. The summed E-state index contributed by atoms with van der Waals surface area (Å²) in [7, 11) is 0. The standard InChI is InChI=1S/C15H21N3OS/c1-10-6-11(2)8-12(7-10)19-14-18-17-13(20-14)9-16-15(3,4)5/h6-8,16H,9H2,1-5H3. The van der Waals surface area contributed by atoms with Crippen molar-refractivity contribution in [1.29, 1.82) is 0 Å². The minimum absolute atomic E-state index is 0.0698. The van der Waals surface area contributed by atoms with Gasteiger partial charge in [0.05, 0.1) is 6.54 Å². The first kappa shape index (κ1) is 14.9. The molecule has 1 N–H and O–H groups in total. The normalized spacial score (nSPS) is 11.7. The van der Waals surface area contributed by atoms with Gasteiger partial charge in [0.25, 0.3) is 5.19 Å². The van der Waals surface area contributed by atoms with Crippen LogP contribution in [0.1, 0.15) is 36.9 Å². The third-order valence-electron chi connectivity index (χ3n) is 2.62. The van der Waals surface area contributed by atoms with E-state index in [0.29, 0.717) is 11.7 Å². The third kappa shape index (κ3) is 4.58. The van der Waals surface area contributed by atoms with Gasteiger partial charge in [-0.2, -0.15) is 0 Å². The number of aryl methyl sites for hydroxylation is 2. The van der Waals surface area contributed by atoms with Crippen molar-refractivity contribution >= 4 is 11.3 Å². The second-order valence-corrected chi connectivity index (χ2v) is 7.02. The summed E-state index contributed by atoms with van der Waals surface area (Å²) >= 11 is 1.47. The number of hydrogen-bond acceptors (Lipinski definition) is 5. The van der Waals surface area contributed by atoms with E-state index >= 15 is 0 Å². The number of rotatable bonds is 4. The Morgan fingerprint density at radius 2 is 1.75 bits per heavy atom. The molecule has 4 nitrogen and oxygen atoms in total. The van der Waals surface area contributed by atoms with Crippen LogP contribution < -0.4 is 10.1 Å². The van der Waals surface area contributed by atoms with E-state index in [0.717, 1.165) is 10.8 Å². The van der Waals surface area contributed by atoms with Crippen molar-refractivity contribution in [2.24, 2.45) is 0 Å². The summed E-state index contributed by atoms with van der Waals surface area (Å²) in [6.07, 6.45) is 0. The van der Waals surface area contributed by atoms with E-state index in [4.69, 9.17) is 4.74 Å². The predicted octanol–water partition coefficient (Wildman–Crippen LogP) is 3.84. The number of ether oxygens (including phenoxy) is 1. The van der Waals surface area contributed by atoms with Crippen LogP contribution in [0.15, 0.2) is 18.2 Å². The highest BCUT2D eigenvalue weighted by Crippen LogP contribution is 2.26. The van der Waals surface area contributed by atoms with Crippen molar-refractivity contribution in [3.05, 3.63) is 34.3 Å². The molecule has 0 aliphatic heterocycles. The summed E-state index contributed by atoms with van der Waals surface area (Å²) in [6, 6.07) is 6.12. The molecular weight excluding hydrogens is 270 g/mol. The molecule has 0 aliphatic rings. The van der Waals surface area contributed by atoms with Gasteiger partial charge >= 0.3 is 0 Å². The summed E-state index contributed by atoms with van der Waals surface area (Å²) in [5.74, 6) is 0.814. The van der Waals surface area contributed by atoms with Crippen molar-refractivity contribution in [3.63, 3.8) is 0 Å². The molecule has 2 aromatic rings. The minimum Gasteiger partial charge on any atom is -0.430 e. The summed E-state index contributed by atoms with van der Waals surface area (Å²) in [5.41, 5.74) is 2.43. The van der Waals surface area contributed by atoms with Crippen LogP contribution in [-0.2, 0) is 6.54 Å². The maximum atomic E-state index is 5.77. The Hall–Kier alpha value is -1.46. The Morgan fingerprint density at radius 1 is 1.10 bits per heavy atom. The average molecular weight is 291 g/mol. The number of nitrogens with one attached hydrogen (secondary N) is 1. The van der Waals surface area contributed by atoms with Gasteiger partial charge in [0.1, 0.15) is 10.8 Å². The van der Waals surface area contributed by atoms with Crippen molar-refractivity contribution in [3.8, 4) is 10.9 Å². The Bertz CT molecular complexity index is 567. The molecule has 1 heterocycles. The van der Waals surface area contributed by atoms with Gasteiger partial charge in [0, 0.05) is 5.54 Å². The molecule has 0 bridgehead atoms. The lowest BCUT2D eigenvalue weighted by Crippen LogP contribution is -2.35. The average Bonchev–Trinajstić information content (AvgIpc) is 2.72. The first-order valence-electron chi connectivity index (χ1n) is 6.65. The smallest absolute Gasteiger partial charge is 0.299 e. The van der Waals surface area contributed by atoms with Crippen LogP contribution >= 0.6 is 11.3 Å². The van der Waals surface area contributed by atoms with E-state index in [9.17, 15) is 0 Å². The fraction of sp³-hybridized carbons (Fsp3) is 0.467. The zero-order valence-corrected chi connectivity index (χ0v) is 13.5. The van der Waals surface area contributed by atoms with Crippen molar-refractivity contribution < 1.29 is 4.74 Å². The third-order valence-corrected chi connectivity index (χ3v) is 3.42. The monoisotopic (exact) mass is 291 g/mol. The molecule has 0 spiro atoms. The van der Waals surface area contributed by atoms with Gasteiger partial charge in [-0.25, -0.2) is 0 Å². The molecule has 0 fully saturated rings. The van der Waals surface area contributed by atoms with Crippen LogP contribution in [0.5, 0.6) is 10.9 Å². The molecule has 20 heavy (non-hydrogen) atoms. The number of hydrogen-bond donors (Lipinski definition) is 1. The molecule has 1 aromatic heterocycles. The molecule has 0 atom stereocenters. The second kappa shape index (κ2) is 5.89. The zero-order valence-electron chi connectivity index (χ0n) is 12.7. The lowest BCUT2D eigenvalue weighted by Gasteiger charge is -2.19. The number of benzene rings is 1. The van der Waals surface area contributed by atoms with Crippen LogP contribution in [0.4, 0.5) is 0 Å². The van der Waals surface area contributed by atoms with Crippen LogP contribution in [-0.4, -0.2) is 15.7 Å². The fourth-order valence-electron chi connectivity index (χ4n) is 1.78. The molecule has 0 unspecified atom stereocenters. The van der Waals surface area contributed by atoms with E-state index in [-0.39, 0.29) is 5.54 Å². The van der Waals surface area contributed by atoms with Crippen molar-refractivity contribution in [2.45, 2.75) is 46.7 Å². The van der Waals surface area contributed by atoms with E-state index < -0.39 is 0 Å². The Kier molecular flexibility index (Phi) is 4.40. The van der Waals surface area contributed by atoms with E-state index in [1.165, 1.54) is 22.5 Å². The molecule has 5 heteroatoms. The minimum atomic E-state index is 0.0698. The largest absolute Gasteiger partial charge is 0.430 e. The van der Waals surface area contributed by atoms with Crippen LogP contribution in [0, 0.1) is 13.8 Å². The van der Waals surface area contributed by atoms with Gasteiger partial charge in [-0.15, -0.1) is 5.10 Å². The molecule has 0 amide bonds. The highest BCUT2D eigenvalue weighted by atomic mass is 32.1. The van der Waals surface area contributed by atoms with Crippen LogP contribution in [0.2, 0.25) is 0 Å². The molecule has 2 rings (SSSR count). The van der Waals surface area contributed by atoms with E-state index in [1.807, 2.05) is 12.1 Å². The summed E-state index contributed by atoms with van der Waals surface area (Å²) in [6.45, 7) is 11.2. The first-order valence-corrected chi connectivity index (χ1v) is 7.47. The maximum Gasteiger partial charge on any atom is 0.299 e. The molecule has 1 aromatic carbocycles. The first-order chi connectivity index (χ1) is 9.32. The van der Waals surface area contributed by atoms with Crippen LogP contribution in [0.25, 0.3) is 0 Å². The van der Waals surface area contributed by atoms with Gasteiger partial charge in [-0.1, -0.05) is 22.5 Å². The predicted molar refractivity (Wildman–Crippen MR) is 82.5 cm³/mol. The van der Waals surface area contributed by atoms with Gasteiger partial charge < -0.3 is 10.1 Å². The lowest BCUT2D eigenvalue weighted by atomic mass is 10.1. The summed E-state index contributed by atoms with van der Waals surface area (Å²) < 4.78 is 5.77. The van der Waals surface area contributed by atoms with Crippen LogP contribution in [0.3, 0.4) is 0 Å². The maximum absolute atomic E-state index is 5.77. The fourth-order valence-corrected chi connectivity index (χ4v) is 2.43. The van der Waals surface area contributed by atoms with E-state index in [1.54, 1.807) is 0 Å². The highest BCUT2D eigenvalue weighted by Gasteiger charge is 2.12. The molecule has 0 radical (unpaired) electrons. The Morgan fingerprint density at radius 3 is 2.35 bits per heavy atom. The Labute approximate surface area is 124 Å². The van der Waals surface area contributed by atoms with Crippen molar-refractivity contribution in [2.75, 3.05) is 0 Å². The van der Waals surface area contributed by atoms with Gasteiger partial charge in [0.2, 0.25) is 0 Å². The van der Waals surface area contributed by atoms with Crippen molar-refractivity contribution in [1.82, 2.24) is 15.5 Å².